The zero-order chi connectivity index (χ0) is 14.3. The van der Waals surface area contributed by atoms with Crippen LogP contribution in [-0.2, 0) is 4.79 Å². The topological polar surface area (TPSA) is 23.6 Å². The van der Waals surface area contributed by atoms with E-state index < -0.39 is 4.33 Å². The molecule has 3 aliphatic rings. The highest BCUT2D eigenvalue weighted by Crippen LogP contribution is 2.55. The molecule has 1 heterocycles. The first-order valence-electron chi connectivity index (χ1n) is 7.86. The van der Waals surface area contributed by atoms with Crippen molar-refractivity contribution in [3.63, 3.8) is 0 Å². The average molecular weight is 319 g/mol. The molecular formula is C15H24Cl2N2O. The lowest BCUT2D eigenvalue weighted by Crippen LogP contribution is -2.43. The summed E-state index contributed by atoms with van der Waals surface area (Å²) in [4.78, 5) is 16.4. The SMILES string of the molecule is CC(=O)N(CC1CCCN1CCC1CC1(Cl)Cl)C1CC1. The predicted octanol–water partition coefficient (Wildman–Crippen LogP) is 3.05. The first-order valence-corrected chi connectivity index (χ1v) is 8.62. The highest BCUT2D eigenvalue weighted by molar-refractivity contribution is 6.50. The molecule has 1 saturated heterocycles. The van der Waals surface area contributed by atoms with E-state index in [4.69, 9.17) is 23.2 Å². The Hall–Kier alpha value is 0.01000. The number of alkyl halides is 2. The van der Waals surface area contributed by atoms with Gasteiger partial charge in [0, 0.05) is 25.6 Å². The van der Waals surface area contributed by atoms with Crippen LogP contribution in [0.25, 0.3) is 0 Å². The highest BCUT2D eigenvalue weighted by atomic mass is 35.5. The molecule has 0 bridgehead atoms. The van der Waals surface area contributed by atoms with Crippen LogP contribution in [0, 0.1) is 5.92 Å². The summed E-state index contributed by atoms with van der Waals surface area (Å²) in [7, 11) is 0. The molecule has 2 unspecified atom stereocenters. The summed E-state index contributed by atoms with van der Waals surface area (Å²) in [5.74, 6) is 0.710. The number of rotatable bonds is 6. The van der Waals surface area contributed by atoms with E-state index in [1.54, 1.807) is 6.92 Å². The van der Waals surface area contributed by atoms with E-state index in [9.17, 15) is 4.79 Å². The fourth-order valence-corrected chi connectivity index (χ4v) is 4.04. The van der Waals surface area contributed by atoms with E-state index in [-0.39, 0.29) is 5.91 Å². The van der Waals surface area contributed by atoms with Gasteiger partial charge in [-0.15, -0.1) is 23.2 Å². The second-order valence-electron chi connectivity index (χ2n) is 6.69. The van der Waals surface area contributed by atoms with Gasteiger partial charge in [0.15, 0.2) is 0 Å². The van der Waals surface area contributed by atoms with Gasteiger partial charge < -0.3 is 4.90 Å². The van der Waals surface area contributed by atoms with Crippen molar-refractivity contribution in [1.82, 2.24) is 9.80 Å². The Morgan fingerprint density at radius 3 is 2.60 bits per heavy atom. The van der Waals surface area contributed by atoms with Crippen molar-refractivity contribution in [2.24, 2.45) is 5.92 Å². The first-order chi connectivity index (χ1) is 9.47. The molecule has 3 nitrogen and oxygen atoms in total. The summed E-state index contributed by atoms with van der Waals surface area (Å²) in [5, 5.41) is 0. The number of carbonyl (C=O) groups excluding carboxylic acids is 1. The molecule has 0 aromatic rings. The van der Waals surface area contributed by atoms with Crippen LogP contribution in [0.4, 0.5) is 0 Å². The minimum Gasteiger partial charge on any atom is -0.338 e. The maximum Gasteiger partial charge on any atom is 0.219 e. The van der Waals surface area contributed by atoms with Crippen molar-refractivity contribution in [3.8, 4) is 0 Å². The van der Waals surface area contributed by atoms with E-state index in [2.05, 4.69) is 9.80 Å². The van der Waals surface area contributed by atoms with Gasteiger partial charge in [0.25, 0.3) is 0 Å². The van der Waals surface area contributed by atoms with Crippen molar-refractivity contribution in [2.45, 2.75) is 61.9 Å². The normalized spacial score (nSPS) is 32.4. The monoisotopic (exact) mass is 318 g/mol. The van der Waals surface area contributed by atoms with Crippen molar-refractivity contribution in [1.29, 1.82) is 0 Å². The fourth-order valence-electron chi connectivity index (χ4n) is 3.45. The van der Waals surface area contributed by atoms with Crippen LogP contribution in [0.5, 0.6) is 0 Å². The number of carbonyl (C=O) groups is 1. The lowest BCUT2D eigenvalue weighted by Gasteiger charge is -2.30. The molecule has 0 aromatic heterocycles. The van der Waals surface area contributed by atoms with Crippen LogP contribution in [0.3, 0.4) is 0 Å². The quantitative estimate of drug-likeness (QED) is 0.703. The molecule has 2 atom stereocenters. The Kier molecular flexibility index (Phi) is 4.22. The van der Waals surface area contributed by atoms with Gasteiger partial charge in [-0.3, -0.25) is 9.69 Å². The maximum atomic E-state index is 11.8. The summed E-state index contributed by atoms with van der Waals surface area (Å²) >= 11 is 12.2. The van der Waals surface area contributed by atoms with Crippen LogP contribution < -0.4 is 0 Å². The van der Waals surface area contributed by atoms with E-state index in [1.807, 2.05) is 0 Å². The minimum absolute atomic E-state index is 0.238. The lowest BCUT2D eigenvalue weighted by molar-refractivity contribution is -0.130. The van der Waals surface area contributed by atoms with Crippen molar-refractivity contribution >= 4 is 29.1 Å². The third kappa shape index (κ3) is 3.42. The number of hydrogen-bond acceptors (Lipinski definition) is 2. The molecule has 1 aliphatic heterocycles. The fraction of sp³-hybridized carbons (Fsp3) is 0.933. The van der Waals surface area contributed by atoms with Crippen LogP contribution in [0.1, 0.15) is 45.4 Å². The van der Waals surface area contributed by atoms with Crippen molar-refractivity contribution in [3.05, 3.63) is 0 Å². The molecule has 3 rings (SSSR count). The third-order valence-corrected chi connectivity index (χ3v) is 5.94. The number of nitrogens with zero attached hydrogens (tertiary/aromatic N) is 2. The molecule has 0 N–H and O–H groups in total. The van der Waals surface area contributed by atoms with Crippen LogP contribution in [-0.4, -0.2) is 51.8 Å². The first kappa shape index (κ1) is 14.9. The summed E-state index contributed by atoms with van der Waals surface area (Å²) < 4.78 is -0.450. The number of amides is 1. The van der Waals surface area contributed by atoms with E-state index in [1.165, 1.54) is 25.7 Å². The Bertz CT molecular complexity index is 384. The number of likely N-dealkylation sites (tertiary alicyclic amines) is 1. The zero-order valence-electron chi connectivity index (χ0n) is 12.2. The van der Waals surface area contributed by atoms with Gasteiger partial charge in [-0.05, 0) is 57.5 Å². The van der Waals surface area contributed by atoms with E-state index >= 15 is 0 Å². The molecule has 0 aromatic carbocycles. The molecule has 20 heavy (non-hydrogen) atoms. The Balaban J connectivity index is 1.48. The summed E-state index contributed by atoms with van der Waals surface area (Å²) in [6, 6.07) is 1.06. The Morgan fingerprint density at radius 1 is 1.35 bits per heavy atom. The van der Waals surface area contributed by atoms with E-state index in [0.717, 1.165) is 32.5 Å². The molecule has 114 valence electrons. The predicted molar refractivity (Wildman–Crippen MR) is 82.2 cm³/mol. The third-order valence-electron chi connectivity index (χ3n) is 5.02. The second-order valence-corrected chi connectivity index (χ2v) is 8.23. The largest absolute Gasteiger partial charge is 0.338 e. The molecule has 1 amide bonds. The van der Waals surface area contributed by atoms with Gasteiger partial charge in [-0.1, -0.05) is 0 Å². The minimum atomic E-state index is -0.450. The van der Waals surface area contributed by atoms with E-state index in [0.29, 0.717) is 18.0 Å². The molecule has 0 spiro atoms. The van der Waals surface area contributed by atoms with Crippen LogP contribution in [0.15, 0.2) is 0 Å². The van der Waals surface area contributed by atoms with Gasteiger partial charge in [0.2, 0.25) is 5.91 Å². The molecular weight excluding hydrogens is 295 g/mol. The Labute approximate surface area is 131 Å². The molecule has 5 heteroatoms. The summed E-state index contributed by atoms with van der Waals surface area (Å²) in [6.45, 7) is 4.85. The standard InChI is InChI=1S/C15H24Cl2N2O/c1-11(20)19(13-4-5-13)10-14-3-2-7-18(14)8-6-12-9-15(12,16)17/h12-14H,2-10H2,1H3. The van der Waals surface area contributed by atoms with Gasteiger partial charge in [-0.2, -0.15) is 0 Å². The van der Waals surface area contributed by atoms with Gasteiger partial charge in [0.1, 0.15) is 4.33 Å². The Morgan fingerprint density at radius 2 is 2.05 bits per heavy atom. The smallest absolute Gasteiger partial charge is 0.219 e. The second kappa shape index (κ2) is 5.66. The summed E-state index contributed by atoms with van der Waals surface area (Å²) in [5.41, 5.74) is 0. The molecule has 3 fully saturated rings. The van der Waals surface area contributed by atoms with Gasteiger partial charge >= 0.3 is 0 Å². The highest BCUT2D eigenvalue weighted by Gasteiger charge is 2.51. The van der Waals surface area contributed by atoms with Crippen LogP contribution in [0.2, 0.25) is 0 Å². The summed E-state index contributed by atoms with van der Waals surface area (Å²) in [6.07, 6.45) is 6.88. The number of halogens is 2. The van der Waals surface area contributed by atoms with Crippen molar-refractivity contribution < 1.29 is 4.79 Å². The van der Waals surface area contributed by atoms with Gasteiger partial charge in [-0.25, -0.2) is 0 Å². The molecule has 2 aliphatic carbocycles. The molecule has 2 saturated carbocycles. The zero-order valence-corrected chi connectivity index (χ0v) is 13.7. The molecule has 0 radical (unpaired) electrons. The number of hydrogen-bond donors (Lipinski definition) is 0. The maximum absolute atomic E-state index is 11.8. The van der Waals surface area contributed by atoms with Gasteiger partial charge in [0.05, 0.1) is 0 Å². The van der Waals surface area contributed by atoms with Crippen molar-refractivity contribution in [2.75, 3.05) is 19.6 Å². The average Bonchev–Trinajstić information content (AvgIpc) is 3.25. The lowest BCUT2D eigenvalue weighted by atomic mass is 10.2. The van der Waals surface area contributed by atoms with Crippen LogP contribution >= 0.6 is 23.2 Å².